The van der Waals surface area contributed by atoms with Crippen molar-refractivity contribution < 1.29 is 5.11 Å². The van der Waals surface area contributed by atoms with Gasteiger partial charge in [0.05, 0.1) is 30.7 Å². The van der Waals surface area contributed by atoms with Gasteiger partial charge in [-0.3, -0.25) is 4.68 Å². The molecular formula is C17H19ClN6O. The van der Waals surface area contributed by atoms with Crippen molar-refractivity contribution in [3.8, 4) is 0 Å². The number of aliphatic hydroxyl groups excluding tert-OH is 1. The number of hydrogen-bond donors (Lipinski definition) is 3. The predicted molar refractivity (Wildman–Crippen MR) is 98.2 cm³/mol. The first-order valence-corrected chi connectivity index (χ1v) is 8.21. The molecule has 1 unspecified atom stereocenters. The second-order valence-corrected chi connectivity index (χ2v) is 6.04. The molecule has 2 heterocycles. The van der Waals surface area contributed by atoms with E-state index in [1.165, 1.54) is 6.20 Å². The van der Waals surface area contributed by atoms with E-state index in [2.05, 4.69) is 25.7 Å². The van der Waals surface area contributed by atoms with E-state index in [1.807, 2.05) is 43.6 Å². The van der Waals surface area contributed by atoms with Gasteiger partial charge in [-0.25, -0.2) is 4.98 Å². The Kier molecular flexibility index (Phi) is 5.47. The Labute approximate surface area is 150 Å². The fraction of sp³-hybridized carbons (Fsp3) is 0.235. The third kappa shape index (κ3) is 4.68. The summed E-state index contributed by atoms with van der Waals surface area (Å²) in [5, 5.41) is 20.4. The molecule has 130 valence electrons. The van der Waals surface area contributed by atoms with Gasteiger partial charge < -0.3 is 15.7 Å². The van der Waals surface area contributed by atoms with Crippen molar-refractivity contribution in [3.05, 3.63) is 59.5 Å². The zero-order chi connectivity index (χ0) is 17.6. The Balaban J connectivity index is 1.72. The van der Waals surface area contributed by atoms with Crippen molar-refractivity contribution in [1.82, 2.24) is 19.7 Å². The number of anilines is 3. The van der Waals surface area contributed by atoms with Crippen LogP contribution in [0.3, 0.4) is 0 Å². The Morgan fingerprint density at radius 1 is 1.24 bits per heavy atom. The Morgan fingerprint density at radius 2 is 2.04 bits per heavy atom. The van der Waals surface area contributed by atoms with Crippen LogP contribution in [0.1, 0.15) is 5.56 Å². The minimum atomic E-state index is -0.207. The van der Waals surface area contributed by atoms with Crippen molar-refractivity contribution in [2.75, 3.05) is 17.2 Å². The maximum absolute atomic E-state index is 9.67. The van der Waals surface area contributed by atoms with Crippen molar-refractivity contribution in [1.29, 1.82) is 0 Å². The summed E-state index contributed by atoms with van der Waals surface area (Å²) in [5.41, 5.74) is 1.90. The quantitative estimate of drug-likeness (QED) is 0.601. The number of nitrogens with zero attached hydrogens (tertiary/aromatic N) is 4. The van der Waals surface area contributed by atoms with Crippen molar-refractivity contribution >= 4 is 29.1 Å². The van der Waals surface area contributed by atoms with Crippen molar-refractivity contribution in [2.45, 2.75) is 12.5 Å². The van der Waals surface area contributed by atoms with Crippen LogP contribution in [0.2, 0.25) is 5.02 Å². The summed E-state index contributed by atoms with van der Waals surface area (Å²) in [4.78, 5) is 8.56. The summed E-state index contributed by atoms with van der Waals surface area (Å²) < 4.78 is 1.68. The van der Waals surface area contributed by atoms with E-state index < -0.39 is 0 Å². The van der Waals surface area contributed by atoms with E-state index in [1.54, 1.807) is 10.9 Å². The van der Waals surface area contributed by atoms with Crippen LogP contribution in [-0.4, -0.2) is 37.5 Å². The lowest BCUT2D eigenvalue weighted by atomic mass is 10.1. The van der Waals surface area contributed by atoms with Gasteiger partial charge >= 0.3 is 0 Å². The Hall–Kier alpha value is -2.64. The van der Waals surface area contributed by atoms with Crippen LogP contribution in [0.15, 0.2) is 48.9 Å². The van der Waals surface area contributed by atoms with Gasteiger partial charge in [0, 0.05) is 13.2 Å². The number of nitrogens with one attached hydrogen (secondary N) is 2. The molecule has 0 saturated heterocycles. The van der Waals surface area contributed by atoms with Gasteiger partial charge in [0.15, 0.2) is 5.82 Å². The van der Waals surface area contributed by atoms with Crippen LogP contribution in [0.25, 0.3) is 0 Å². The highest BCUT2D eigenvalue weighted by atomic mass is 35.5. The van der Waals surface area contributed by atoms with Gasteiger partial charge in [-0.05, 0) is 12.0 Å². The highest BCUT2D eigenvalue weighted by Crippen LogP contribution is 2.22. The molecule has 8 heteroatoms. The van der Waals surface area contributed by atoms with Gasteiger partial charge in [-0.2, -0.15) is 10.1 Å². The van der Waals surface area contributed by atoms with Gasteiger partial charge in [0.25, 0.3) is 0 Å². The first kappa shape index (κ1) is 17.2. The summed E-state index contributed by atoms with van der Waals surface area (Å²) >= 11 is 6.19. The molecule has 3 rings (SSSR count). The number of aryl methyl sites for hydroxylation is 1. The summed E-state index contributed by atoms with van der Waals surface area (Å²) in [6.45, 7) is -0.0411. The van der Waals surface area contributed by atoms with E-state index in [-0.39, 0.29) is 12.6 Å². The topological polar surface area (TPSA) is 87.9 Å². The molecule has 1 aromatic carbocycles. The third-order valence-electron chi connectivity index (χ3n) is 3.59. The lowest BCUT2D eigenvalue weighted by Crippen LogP contribution is -2.27. The lowest BCUT2D eigenvalue weighted by Gasteiger charge is -2.18. The normalized spacial score (nSPS) is 12.0. The van der Waals surface area contributed by atoms with Crippen LogP contribution in [0.5, 0.6) is 0 Å². The molecule has 0 aliphatic carbocycles. The minimum absolute atomic E-state index is 0.0411. The number of halogens is 1. The Morgan fingerprint density at radius 3 is 2.72 bits per heavy atom. The molecule has 0 amide bonds. The summed E-state index contributed by atoms with van der Waals surface area (Å²) in [5.74, 6) is 0.870. The second-order valence-electron chi connectivity index (χ2n) is 5.63. The van der Waals surface area contributed by atoms with Gasteiger partial charge in [-0.15, -0.1) is 0 Å². The SMILES string of the molecule is Cn1cc(Nc2ncc(Cl)c(NC(CO)Cc3ccccc3)n2)cn1. The van der Waals surface area contributed by atoms with Crippen LogP contribution >= 0.6 is 11.6 Å². The molecular weight excluding hydrogens is 340 g/mol. The molecule has 0 aliphatic heterocycles. The van der Waals surface area contributed by atoms with Crippen LogP contribution in [0, 0.1) is 0 Å². The van der Waals surface area contributed by atoms with E-state index in [4.69, 9.17) is 11.6 Å². The largest absolute Gasteiger partial charge is 0.394 e. The molecule has 0 spiro atoms. The third-order valence-corrected chi connectivity index (χ3v) is 3.87. The molecule has 0 saturated carbocycles. The average molecular weight is 359 g/mol. The molecule has 2 aromatic heterocycles. The molecule has 3 N–H and O–H groups in total. The highest BCUT2D eigenvalue weighted by Gasteiger charge is 2.13. The number of rotatable bonds is 7. The average Bonchev–Trinajstić information content (AvgIpc) is 3.03. The number of aliphatic hydroxyl groups is 1. The standard InChI is InChI=1S/C17H19ClN6O/c1-24-10-14(8-20-24)22-17-19-9-15(18)16(23-17)21-13(11-25)7-12-5-3-2-4-6-12/h2-6,8-10,13,25H,7,11H2,1H3,(H2,19,21,22,23). The summed E-state index contributed by atoms with van der Waals surface area (Å²) in [6.07, 6.45) is 5.67. The molecule has 0 radical (unpaired) electrons. The molecule has 3 aromatic rings. The minimum Gasteiger partial charge on any atom is -0.394 e. The summed E-state index contributed by atoms with van der Waals surface area (Å²) in [6, 6.07) is 9.72. The maximum Gasteiger partial charge on any atom is 0.229 e. The second kappa shape index (κ2) is 7.96. The first-order valence-electron chi connectivity index (χ1n) is 7.83. The zero-order valence-electron chi connectivity index (χ0n) is 13.7. The van der Waals surface area contributed by atoms with Crippen LogP contribution < -0.4 is 10.6 Å². The first-order chi connectivity index (χ1) is 12.1. The summed E-state index contributed by atoms with van der Waals surface area (Å²) in [7, 11) is 1.83. The smallest absolute Gasteiger partial charge is 0.229 e. The highest BCUT2D eigenvalue weighted by molar-refractivity contribution is 6.32. The molecule has 7 nitrogen and oxygen atoms in total. The monoisotopic (exact) mass is 358 g/mol. The van der Waals surface area contributed by atoms with E-state index in [0.717, 1.165) is 11.3 Å². The lowest BCUT2D eigenvalue weighted by molar-refractivity contribution is 0.273. The molecule has 0 fully saturated rings. The van der Waals surface area contributed by atoms with E-state index in [0.29, 0.717) is 23.2 Å². The molecule has 0 aliphatic rings. The Bertz CT molecular complexity index is 823. The number of aromatic nitrogens is 4. The zero-order valence-corrected chi connectivity index (χ0v) is 14.5. The van der Waals surface area contributed by atoms with Crippen molar-refractivity contribution in [3.63, 3.8) is 0 Å². The van der Waals surface area contributed by atoms with Gasteiger partial charge in [0.1, 0.15) is 5.02 Å². The van der Waals surface area contributed by atoms with Gasteiger partial charge in [0.2, 0.25) is 5.95 Å². The maximum atomic E-state index is 9.67. The molecule has 0 bridgehead atoms. The van der Waals surface area contributed by atoms with Crippen molar-refractivity contribution in [2.24, 2.45) is 7.05 Å². The number of benzene rings is 1. The van der Waals surface area contributed by atoms with E-state index >= 15 is 0 Å². The van der Waals surface area contributed by atoms with E-state index in [9.17, 15) is 5.11 Å². The van der Waals surface area contributed by atoms with Gasteiger partial charge in [-0.1, -0.05) is 41.9 Å². The van der Waals surface area contributed by atoms with Crippen LogP contribution in [-0.2, 0) is 13.5 Å². The fourth-order valence-corrected chi connectivity index (χ4v) is 2.54. The molecule has 25 heavy (non-hydrogen) atoms. The number of hydrogen-bond acceptors (Lipinski definition) is 6. The predicted octanol–water partition coefficient (Wildman–Crippen LogP) is 2.62. The molecule has 1 atom stereocenters. The fourth-order valence-electron chi connectivity index (χ4n) is 2.40. The van der Waals surface area contributed by atoms with Crippen LogP contribution in [0.4, 0.5) is 17.5 Å².